The van der Waals surface area contributed by atoms with Crippen LogP contribution < -0.4 is 0 Å². The fraction of sp³-hybridized carbons (Fsp3) is 0.0476. The fourth-order valence-electron chi connectivity index (χ4n) is 10.8. The summed E-state index contributed by atoms with van der Waals surface area (Å²) < 4.78 is 2.38. The monoisotopic (exact) mass is 841 g/mol. The summed E-state index contributed by atoms with van der Waals surface area (Å²) in [5.74, 6) is 0.697. The van der Waals surface area contributed by atoms with Crippen molar-refractivity contribution >= 4 is 43.4 Å². The predicted molar refractivity (Wildman–Crippen MR) is 276 cm³/mol. The van der Waals surface area contributed by atoms with Gasteiger partial charge >= 0.3 is 0 Å². The molecule has 10 aromatic carbocycles. The van der Waals surface area contributed by atoms with E-state index in [0.29, 0.717) is 5.82 Å². The zero-order chi connectivity index (χ0) is 43.9. The van der Waals surface area contributed by atoms with E-state index in [4.69, 9.17) is 9.97 Å². The molecule has 0 atom stereocenters. The lowest BCUT2D eigenvalue weighted by Gasteiger charge is -2.22. The number of para-hydroxylation sites is 2. The van der Waals surface area contributed by atoms with Crippen molar-refractivity contribution in [2.45, 2.75) is 19.3 Å². The quantitative estimate of drug-likeness (QED) is 0.167. The van der Waals surface area contributed by atoms with E-state index >= 15 is 0 Å². The highest BCUT2D eigenvalue weighted by Crippen LogP contribution is 2.54. The van der Waals surface area contributed by atoms with Gasteiger partial charge in [0.15, 0.2) is 5.82 Å². The molecule has 2 heterocycles. The van der Waals surface area contributed by atoms with Crippen molar-refractivity contribution in [3.05, 3.63) is 236 Å². The number of nitrogens with zero attached hydrogens (tertiary/aromatic N) is 3. The smallest absolute Gasteiger partial charge is 0.160 e. The molecular weight excluding hydrogens is 799 g/mol. The van der Waals surface area contributed by atoms with Crippen LogP contribution in [-0.2, 0) is 5.41 Å². The Hall–Kier alpha value is -8.40. The van der Waals surface area contributed by atoms with Crippen molar-refractivity contribution in [1.82, 2.24) is 14.5 Å². The maximum absolute atomic E-state index is 5.35. The van der Waals surface area contributed by atoms with Crippen LogP contribution >= 0.6 is 0 Å². The summed E-state index contributed by atoms with van der Waals surface area (Å²) in [6, 6.07) is 81.4. The third-order valence-corrected chi connectivity index (χ3v) is 14.0. The molecule has 13 rings (SSSR count). The van der Waals surface area contributed by atoms with Crippen LogP contribution in [0.5, 0.6) is 0 Å². The first kappa shape index (κ1) is 38.1. The Kier molecular flexibility index (Phi) is 8.56. The predicted octanol–water partition coefficient (Wildman–Crippen LogP) is 16.5. The van der Waals surface area contributed by atoms with Crippen molar-refractivity contribution in [3.8, 4) is 73.0 Å². The summed E-state index contributed by atoms with van der Waals surface area (Å²) in [6.07, 6.45) is 0. The molecule has 2 aromatic heterocycles. The summed E-state index contributed by atoms with van der Waals surface area (Å²) >= 11 is 0. The first-order valence-electron chi connectivity index (χ1n) is 22.8. The Balaban J connectivity index is 0.960. The maximum Gasteiger partial charge on any atom is 0.160 e. The average Bonchev–Trinajstić information content (AvgIpc) is 3.83. The third kappa shape index (κ3) is 5.97. The van der Waals surface area contributed by atoms with Gasteiger partial charge in [-0.25, -0.2) is 9.97 Å². The van der Waals surface area contributed by atoms with Gasteiger partial charge in [0.1, 0.15) is 0 Å². The van der Waals surface area contributed by atoms with E-state index in [1.807, 2.05) is 6.07 Å². The van der Waals surface area contributed by atoms with Crippen molar-refractivity contribution in [1.29, 1.82) is 0 Å². The molecule has 0 saturated carbocycles. The lowest BCUT2D eigenvalue weighted by Crippen LogP contribution is -2.14. The van der Waals surface area contributed by atoms with Crippen LogP contribution in [0.4, 0.5) is 0 Å². The summed E-state index contributed by atoms with van der Waals surface area (Å²) in [5.41, 5.74) is 18.4. The standard InChI is InChI=1S/C63H43N3/c1-63(2)55-29-16-28-53(61(55)54-36-42-19-9-10-20-43(42)37-56(54)63)49-33-34-50(48-26-12-11-25-47(48)49)58-39-57(64-62(65-58)40-17-5-3-6-18-40)45-22-15-21-41(35-45)44-31-32-52-51-27-13-14-30-59(51)66(60(52)38-44)46-23-7-4-8-24-46/h3-39H,1-2H3. The van der Waals surface area contributed by atoms with E-state index in [-0.39, 0.29) is 5.41 Å². The van der Waals surface area contributed by atoms with Gasteiger partial charge in [0, 0.05) is 38.6 Å². The summed E-state index contributed by atoms with van der Waals surface area (Å²) in [6.45, 7) is 4.74. The number of hydrogen-bond acceptors (Lipinski definition) is 2. The first-order valence-corrected chi connectivity index (χ1v) is 22.8. The van der Waals surface area contributed by atoms with Crippen LogP contribution in [0.2, 0.25) is 0 Å². The van der Waals surface area contributed by atoms with Gasteiger partial charge in [-0.15, -0.1) is 0 Å². The van der Waals surface area contributed by atoms with Crippen LogP contribution in [0.25, 0.3) is 116 Å². The molecule has 0 spiro atoms. The Labute approximate surface area is 384 Å². The number of fused-ring (bicyclic) bond motifs is 8. The van der Waals surface area contributed by atoms with Crippen LogP contribution in [0, 0.1) is 0 Å². The van der Waals surface area contributed by atoms with Gasteiger partial charge < -0.3 is 4.57 Å². The molecule has 0 N–H and O–H groups in total. The lowest BCUT2D eigenvalue weighted by molar-refractivity contribution is 0.661. The minimum Gasteiger partial charge on any atom is -0.309 e. The van der Waals surface area contributed by atoms with Crippen molar-refractivity contribution in [3.63, 3.8) is 0 Å². The minimum absolute atomic E-state index is 0.127. The van der Waals surface area contributed by atoms with Crippen molar-refractivity contribution < 1.29 is 0 Å². The van der Waals surface area contributed by atoms with Crippen LogP contribution in [0.3, 0.4) is 0 Å². The fourth-order valence-corrected chi connectivity index (χ4v) is 10.8. The summed E-state index contributed by atoms with van der Waals surface area (Å²) in [5, 5.41) is 7.38. The van der Waals surface area contributed by atoms with Crippen LogP contribution in [-0.4, -0.2) is 14.5 Å². The van der Waals surface area contributed by atoms with Gasteiger partial charge in [-0.05, 0) is 115 Å². The molecule has 0 bridgehead atoms. The largest absolute Gasteiger partial charge is 0.309 e. The van der Waals surface area contributed by atoms with E-state index in [2.05, 4.69) is 237 Å². The highest BCUT2D eigenvalue weighted by Gasteiger charge is 2.37. The summed E-state index contributed by atoms with van der Waals surface area (Å²) in [4.78, 5) is 10.6. The van der Waals surface area contributed by atoms with Crippen molar-refractivity contribution in [2.24, 2.45) is 0 Å². The minimum atomic E-state index is -0.127. The van der Waals surface area contributed by atoms with E-state index < -0.39 is 0 Å². The van der Waals surface area contributed by atoms with Gasteiger partial charge in [0.2, 0.25) is 0 Å². The van der Waals surface area contributed by atoms with Gasteiger partial charge in [-0.3, -0.25) is 0 Å². The lowest BCUT2D eigenvalue weighted by atomic mass is 9.81. The Morgan fingerprint density at radius 2 is 0.955 bits per heavy atom. The zero-order valence-electron chi connectivity index (χ0n) is 36.7. The molecule has 0 fully saturated rings. The zero-order valence-corrected chi connectivity index (χ0v) is 36.7. The molecule has 0 radical (unpaired) electrons. The van der Waals surface area contributed by atoms with Crippen molar-refractivity contribution in [2.75, 3.05) is 0 Å². The topological polar surface area (TPSA) is 30.7 Å². The Morgan fingerprint density at radius 1 is 0.348 bits per heavy atom. The van der Waals surface area contributed by atoms with Gasteiger partial charge in [0.25, 0.3) is 0 Å². The van der Waals surface area contributed by atoms with Gasteiger partial charge in [-0.2, -0.15) is 0 Å². The second-order valence-corrected chi connectivity index (χ2v) is 18.1. The highest BCUT2D eigenvalue weighted by atomic mass is 15.0. The highest BCUT2D eigenvalue weighted by molar-refractivity contribution is 6.11. The molecule has 310 valence electrons. The molecule has 3 nitrogen and oxygen atoms in total. The first-order chi connectivity index (χ1) is 32.5. The molecule has 3 heteroatoms. The number of hydrogen-bond donors (Lipinski definition) is 0. The third-order valence-electron chi connectivity index (χ3n) is 14.0. The van der Waals surface area contributed by atoms with E-state index in [1.165, 1.54) is 71.3 Å². The number of benzene rings is 10. The van der Waals surface area contributed by atoms with Gasteiger partial charge in [0.05, 0.1) is 22.4 Å². The second-order valence-electron chi connectivity index (χ2n) is 18.1. The molecule has 12 aromatic rings. The molecule has 1 aliphatic rings. The molecule has 66 heavy (non-hydrogen) atoms. The molecule has 1 aliphatic carbocycles. The molecule has 0 aliphatic heterocycles. The summed E-state index contributed by atoms with van der Waals surface area (Å²) in [7, 11) is 0. The van der Waals surface area contributed by atoms with E-state index in [9.17, 15) is 0 Å². The number of rotatable bonds is 6. The van der Waals surface area contributed by atoms with E-state index in [0.717, 1.165) is 50.3 Å². The van der Waals surface area contributed by atoms with E-state index in [1.54, 1.807) is 0 Å². The van der Waals surface area contributed by atoms with Crippen LogP contribution in [0.15, 0.2) is 224 Å². The Bertz CT molecular complexity index is 3900. The average molecular weight is 842 g/mol. The van der Waals surface area contributed by atoms with Gasteiger partial charge in [-0.1, -0.05) is 190 Å². The molecular formula is C63H43N3. The Morgan fingerprint density at radius 3 is 1.77 bits per heavy atom. The normalized spacial score (nSPS) is 12.8. The SMILES string of the molecule is CC1(C)c2cc3ccccc3cc2-c2c(-c3ccc(-c4cc(-c5cccc(-c6ccc7c8ccccc8n(-c8ccccc8)c7c6)c5)nc(-c5ccccc5)n4)c4ccccc34)cccc21. The molecule has 0 unspecified atom stereocenters. The second kappa shape index (κ2) is 14.8. The number of aromatic nitrogens is 3. The maximum atomic E-state index is 5.35. The molecule has 0 saturated heterocycles. The van der Waals surface area contributed by atoms with Crippen LogP contribution in [0.1, 0.15) is 25.0 Å². The molecule has 0 amide bonds.